The number of rotatable bonds is 7. The summed E-state index contributed by atoms with van der Waals surface area (Å²) in [4.78, 5) is 17.5. The maximum Gasteiger partial charge on any atom is 0.251 e. The SMILES string of the molecule is CCN1CCN([C@H](CNC(=O)c2ccc(Br)cc2)c2ccc(OC)cc2)CC1. The molecule has 0 spiro atoms. The van der Waals surface area contributed by atoms with Gasteiger partial charge in [-0.25, -0.2) is 0 Å². The first kappa shape index (κ1) is 20.8. The second-order valence-electron chi connectivity index (χ2n) is 6.98. The highest BCUT2D eigenvalue weighted by Gasteiger charge is 2.25. The second-order valence-corrected chi connectivity index (χ2v) is 7.89. The van der Waals surface area contributed by atoms with Crippen molar-refractivity contribution in [2.75, 3.05) is 46.4 Å². The Morgan fingerprint density at radius 1 is 1.07 bits per heavy atom. The van der Waals surface area contributed by atoms with Crippen LogP contribution in [-0.4, -0.2) is 62.1 Å². The van der Waals surface area contributed by atoms with Crippen molar-refractivity contribution in [2.24, 2.45) is 0 Å². The van der Waals surface area contributed by atoms with Crippen molar-refractivity contribution in [1.82, 2.24) is 15.1 Å². The molecule has 1 N–H and O–H groups in total. The minimum atomic E-state index is -0.0433. The Labute approximate surface area is 175 Å². The molecular formula is C22H28BrN3O2. The third kappa shape index (κ3) is 5.34. The predicted octanol–water partition coefficient (Wildman–Crippen LogP) is 3.57. The number of methoxy groups -OCH3 is 1. The van der Waals surface area contributed by atoms with Crippen LogP contribution in [0.25, 0.3) is 0 Å². The van der Waals surface area contributed by atoms with Gasteiger partial charge in [0.1, 0.15) is 5.75 Å². The van der Waals surface area contributed by atoms with Crippen molar-refractivity contribution in [3.8, 4) is 5.75 Å². The molecule has 2 aromatic rings. The molecule has 0 aromatic heterocycles. The summed E-state index contributed by atoms with van der Waals surface area (Å²) in [6.45, 7) is 7.98. The Hall–Kier alpha value is -1.89. The average Bonchev–Trinajstić information content (AvgIpc) is 2.75. The molecule has 1 heterocycles. The molecule has 150 valence electrons. The normalized spacial score (nSPS) is 16.5. The van der Waals surface area contributed by atoms with E-state index < -0.39 is 0 Å². The van der Waals surface area contributed by atoms with Gasteiger partial charge in [0.15, 0.2) is 0 Å². The summed E-state index contributed by atoms with van der Waals surface area (Å²) in [5.74, 6) is 0.801. The molecule has 5 nitrogen and oxygen atoms in total. The third-order valence-electron chi connectivity index (χ3n) is 5.36. The summed E-state index contributed by atoms with van der Waals surface area (Å²) in [6.07, 6.45) is 0. The van der Waals surface area contributed by atoms with Gasteiger partial charge in [-0.15, -0.1) is 0 Å². The van der Waals surface area contributed by atoms with E-state index in [0.29, 0.717) is 12.1 Å². The molecule has 0 radical (unpaired) electrons. The lowest BCUT2D eigenvalue weighted by Crippen LogP contribution is -2.49. The van der Waals surface area contributed by atoms with E-state index in [-0.39, 0.29) is 11.9 Å². The molecular weight excluding hydrogens is 418 g/mol. The minimum absolute atomic E-state index is 0.0433. The average molecular weight is 446 g/mol. The van der Waals surface area contributed by atoms with Crippen LogP contribution in [0.2, 0.25) is 0 Å². The number of halogens is 1. The zero-order valence-electron chi connectivity index (χ0n) is 16.5. The van der Waals surface area contributed by atoms with Gasteiger partial charge >= 0.3 is 0 Å². The number of hydrogen-bond acceptors (Lipinski definition) is 4. The van der Waals surface area contributed by atoms with E-state index in [0.717, 1.165) is 42.9 Å². The molecule has 0 saturated carbocycles. The fourth-order valence-electron chi connectivity index (χ4n) is 3.57. The zero-order valence-corrected chi connectivity index (χ0v) is 18.1. The van der Waals surface area contributed by atoms with Crippen molar-refractivity contribution in [1.29, 1.82) is 0 Å². The molecule has 28 heavy (non-hydrogen) atoms. The minimum Gasteiger partial charge on any atom is -0.497 e. The second kappa shape index (κ2) is 10.0. The van der Waals surface area contributed by atoms with Gasteiger partial charge < -0.3 is 15.0 Å². The Morgan fingerprint density at radius 2 is 1.71 bits per heavy atom. The van der Waals surface area contributed by atoms with Crippen LogP contribution in [0.1, 0.15) is 28.9 Å². The summed E-state index contributed by atoms with van der Waals surface area (Å²) < 4.78 is 6.26. The molecule has 2 aromatic carbocycles. The van der Waals surface area contributed by atoms with Crippen molar-refractivity contribution in [3.63, 3.8) is 0 Å². The molecule has 1 aliphatic heterocycles. The molecule has 0 bridgehead atoms. The molecule has 3 rings (SSSR count). The molecule has 1 atom stereocenters. The Bertz CT molecular complexity index is 756. The lowest BCUT2D eigenvalue weighted by Gasteiger charge is -2.39. The van der Waals surface area contributed by atoms with Crippen LogP contribution in [0.15, 0.2) is 53.0 Å². The van der Waals surface area contributed by atoms with Gasteiger partial charge in [0, 0.05) is 42.8 Å². The first-order valence-corrected chi connectivity index (χ1v) is 10.5. The van der Waals surface area contributed by atoms with E-state index in [1.165, 1.54) is 5.56 Å². The topological polar surface area (TPSA) is 44.8 Å². The first-order chi connectivity index (χ1) is 13.6. The fraction of sp³-hybridized carbons (Fsp3) is 0.409. The molecule has 0 aliphatic carbocycles. The van der Waals surface area contributed by atoms with Crippen molar-refractivity contribution in [3.05, 3.63) is 64.1 Å². The van der Waals surface area contributed by atoms with Crippen molar-refractivity contribution >= 4 is 21.8 Å². The van der Waals surface area contributed by atoms with Gasteiger partial charge in [-0.1, -0.05) is 35.0 Å². The number of carbonyl (C=O) groups is 1. The highest BCUT2D eigenvalue weighted by molar-refractivity contribution is 9.10. The van der Waals surface area contributed by atoms with E-state index in [9.17, 15) is 4.79 Å². The van der Waals surface area contributed by atoms with Crippen LogP contribution in [0.3, 0.4) is 0 Å². The third-order valence-corrected chi connectivity index (χ3v) is 5.89. The number of amides is 1. The molecule has 1 fully saturated rings. The van der Waals surface area contributed by atoms with Crippen LogP contribution in [0.4, 0.5) is 0 Å². The smallest absolute Gasteiger partial charge is 0.251 e. The Morgan fingerprint density at radius 3 is 2.29 bits per heavy atom. The van der Waals surface area contributed by atoms with Crippen LogP contribution in [0.5, 0.6) is 5.75 Å². The van der Waals surface area contributed by atoms with Crippen molar-refractivity contribution in [2.45, 2.75) is 13.0 Å². The van der Waals surface area contributed by atoms with E-state index in [4.69, 9.17) is 4.74 Å². The van der Waals surface area contributed by atoms with Crippen LogP contribution >= 0.6 is 15.9 Å². The van der Waals surface area contributed by atoms with Crippen LogP contribution in [0, 0.1) is 0 Å². The van der Waals surface area contributed by atoms with Gasteiger partial charge in [-0.3, -0.25) is 9.69 Å². The van der Waals surface area contributed by atoms with Gasteiger partial charge in [-0.2, -0.15) is 0 Å². The van der Waals surface area contributed by atoms with E-state index >= 15 is 0 Å². The molecule has 1 aliphatic rings. The molecule has 0 unspecified atom stereocenters. The van der Waals surface area contributed by atoms with Gasteiger partial charge in [0.2, 0.25) is 0 Å². The summed E-state index contributed by atoms with van der Waals surface area (Å²) >= 11 is 3.41. The summed E-state index contributed by atoms with van der Waals surface area (Å²) in [6, 6.07) is 15.8. The van der Waals surface area contributed by atoms with E-state index in [1.807, 2.05) is 36.4 Å². The number of piperazine rings is 1. The summed E-state index contributed by atoms with van der Waals surface area (Å²) in [5, 5.41) is 3.13. The monoisotopic (exact) mass is 445 g/mol. The molecule has 1 saturated heterocycles. The van der Waals surface area contributed by atoms with Crippen LogP contribution < -0.4 is 10.1 Å². The highest BCUT2D eigenvalue weighted by Crippen LogP contribution is 2.24. The van der Waals surface area contributed by atoms with E-state index in [1.54, 1.807) is 7.11 Å². The lowest BCUT2D eigenvalue weighted by molar-refractivity contribution is 0.0855. The lowest BCUT2D eigenvalue weighted by atomic mass is 10.0. The maximum absolute atomic E-state index is 12.6. The number of nitrogens with zero attached hydrogens (tertiary/aromatic N) is 2. The molecule has 6 heteroatoms. The predicted molar refractivity (Wildman–Crippen MR) is 116 cm³/mol. The summed E-state index contributed by atoms with van der Waals surface area (Å²) in [7, 11) is 1.68. The first-order valence-electron chi connectivity index (χ1n) is 9.75. The number of carbonyl (C=O) groups excluding carboxylic acids is 1. The van der Waals surface area contributed by atoms with Gasteiger partial charge in [0.25, 0.3) is 5.91 Å². The maximum atomic E-state index is 12.6. The highest BCUT2D eigenvalue weighted by atomic mass is 79.9. The fourth-order valence-corrected chi connectivity index (χ4v) is 3.83. The molecule has 1 amide bonds. The summed E-state index contributed by atoms with van der Waals surface area (Å²) in [5.41, 5.74) is 1.87. The van der Waals surface area contributed by atoms with Gasteiger partial charge in [0.05, 0.1) is 13.2 Å². The van der Waals surface area contributed by atoms with Crippen molar-refractivity contribution < 1.29 is 9.53 Å². The Kier molecular flexibility index (Phi) is 7.48. The number of ether oxygens (including phenoxy) is 1. The van der Waals surface area contributed by atoms with Gasteiger partial charge in [-0.05, 0) is 48.5 Å². The van der Waals surface area contributed by atoms with E-state index in [2.05, 4.69) is 50.1 Å². The number of benzene rings is 2. The number of likely N-dealkylation sites (N-methyl/N-ethyl adjacent to an activating group) is 1. The largest absolute Gasteiger partial charge is 0.497 e. The number of nitrogens with one attached hydrogen (secondary N) is 1. The zero-order chi connectivity index (χ0) is 19.9. The van der Waals surface area contributed by atoms with Crippen LogP contribution in [-0.2, 0) is 0 Å². The Balaban J connectivity index is 1.71. The number of hydrogen-bond donors (Lipinski definition) is 1. The quantitative estimate of drug-likeness (QED) is 0.707. The standard InChI is InChI=1S/C22H28BrN3O2/c1-3-25-12-14-26(15-13-25)21(17-6-10-20(28-2)11-7-17)16-24-22(27)18-4-8-19(23)9-5-18/h4-11,21H,3,12-16H2,1-2H3,(H,24,27)/t21-/m1/s1.